The number of anilines is 1. The second-order valence-electron chi connectivity index (χ2n) is 3.14. The maximum Gasteiger partial charge on any atom is 0.131 e. The van der Waals surface area contributed by atoms with Crippen LogP contribution in [0.1, 0.15) is 0 Å². The van der Waals surface area contributed by atoms with E-state index < -0.39 is 11.6 Å². The van der Waals surface area contributed by atoms with Crippen LogP contribution < -0.4 is 4.84 Å². The maximum atomic E-state index is 13.5. The van der Waals surface area contributed by atoms with E-state index in [9.17, 15) is 8.78 Å². The molecule has 0 aliphatic heterocycles. The third-order valence-electron chi connectivity index (χ3n) is 2.14. The van der Waals surface area contributed by atoms with Crippen molar-refractivity contribution in [3.8, 4) is 11.1 Å². The van der Waals surface area contributed by atoms with Crippen molar-refractivity contribution >= 4 is 29.9 Å². The highest BCUT2D eigenvalue weighted by Gasteiger charge is 2.10. The molecule has 2 aromatic rings. The van der Waals surface area contributed by atoms with Crippen LogP contribution in [0.4, 0.5) is 14.5 Å². The fourth-order valence-corrected chi connectivity index (χ4v) is 1.56. The zero-order valence-corrected chi connectivity index (χ0v) is 10.0. The summed E-state index contributed by atoms with van der Waals surface area (Å²) in [4.78, 5) is 6.19. The molecule has 0 spiro atoms. The molecule has 17 heavy (non-hydrogen) atoms. The van der Waals surface area contributed by atoms with Gasteiger partial charge in [0.1, 0.15) is 11.6 Å². The molecule has 0 aliphatic rings. The normalized spacial score (nSPS) is 9.59. The molecule has 2 rings (SSSR count). The van der Waals surface area contributed by atoms with Crippen LogP contribution in [0.25, 0.3) is 11.1 Å². The van der Waals surface area contributed by atoms with Gasteiger partial charge in [0.15, 0.2) is 0 Å². The first-order valence-electron chi connectivity index (χ1n) is 4.48. The predicted octanol–water partition coefficient (Wildman–Crippen LogP) is 4.01. The molecular formula is C11H8Cl2F2N2. The van der Waals surface area contributed by atoms with Gasteiger partial charge in [-0.15, -0.1) is 12.4 Å². The summed E-state index contributed by atoms with van der Waals surface area (Å²) in [5.74, 6) is -1.02. The van der Waals surface area contributed by atoms with E-state index in [1.54, 1.807) is 6.07 Å². The Morgan fingerprint density at radius 1 is 1.12 bits per heavy atom. The summed E-state index contributed by atoms with van der Waals surface area (Å²) in [5.41, 5.74) is 1.03. The van der Waals surface area contributed by atoms with Crippen molar-refractivity contribution in [2.24, 2.45) is 0 Å². The summed E-state index contributed by atoms with van der Waals surface area (Å²) >= 11 is 5.47. The summed E-state index contributed by atoms with van der Waals surface area (Å²) in [6.45, 7) is 0. The molecule has 0 amide bonds. The SMILES string of the molecule is Cl.Fc1ccc(F)c(-c2ccncc2NCl)c1. The van der Waals surface area contributed by atoms with E-state index in [0.29, 0.717) is 11.3 Å². The number of aromatic nitrogens is 1. The molecule has 0 atom stereocenters. The number of hydrogen-bond acceptors (Lipinski definition) is 2. The van der Waals surface area contributed by atoms with Crippen LogP contribution in [0.3, 0.4) is 0 Å². The van der Waals surface area contributed by atoms with Gasteiger partial charge in [-0.05, 0) is 24.3 Å². The van der Waals surface area contributed by atoms with Gasteiger partial charge >= 0.3 is 0 Å². The zero-order chi connectivity index (χ0) is 11.5. The number of halogens is 4. The Hall–Kier alpha value is -1.39. The monoisotopic (exact) mass is 276 g/mol. The Bertz CT molecular complexity index is 521. The van der Waals surface area contributed by atoms with Crippen molar-refractivity contribution in [2.45, 2.75) is 0 Å². The second-order valence-corrected chi connectivity index (χ2v) is 3.33. The average Bonchev–Trinajstić information content (AvgIpc) is 2.32. The van der Waals surface area contributed by atoms with Crippen LogP contribution in [-0.4, -0.2) is 4.98 Å². The molecule has 1 N–H and O–H groups in total. The maximum absolute atomic E-state index is 13.5. The van der Waals surface area contributed by atoms with Crippen molar-refractivity contribution in [3.63, 3.8) is 0 Å². The number of pyridine rings is 1. The van der Waals surface area contributed by atoms with Gasteiger partial charge in [0, 0.05) is 29.1 Å². The number of nitrogens with one attached hydrogen (secondary N) is 1. The highest BCUT2D eigenvalue weighted by atomic mass is 35.5. The summed E-state index contributed by atoms with van der Waals surface area (Å²) in [7, 11) is 0. The molecule has 2 nitrogen and oxygen atoms in total. The zero-order valence-electron chi connectivity index (χ0n) is 8.45. The summed E-state index contributed by atoms with van der Waals surface area (Å²) in [6.07, 6.45) is 2.92. The minimum Gasteiger partial charge on any atom is -0.296 e. The Morgan fingerprint density at radius 2 is 1.88 bits per heavy atom. The Labute approximate surface area is 108 Å². The van der Waals surface area contributed by atoms with Crippen molar-refractivity contribution in [1.82, 2.24) is 4.98 Å². The van der Waals surface area contributed by atoms with Crippen LogP contribution in [0, 0.1) is 11.6 Å². The van der Waals surface area contributed by atoms with E-state index in [4.69, 9.17) is 11.8 Å². The van der Waals surface area contributed by atoms with E-state index >= 15 is 0 Å². The summed E-state index contributed by atoms with van der Waals surface area (Å²) in [5, 5.41) is 0. The lowest BCUT2D eigenvalue weighted by Crippen LogP contribution is -1.91. The first kappa shape index (κ1) is 13.7. The molecule has 6 heteroatoms. The number of benzene rings is 1. The first-order chi connectivity index (χ1) is 7.72. The van der Waals surface area contributed by atoms with Crippen molar-refractivity contribution < 1.29 is 8.78 Å². The van der Waals surface area contributed by atoms with Crippen LogP contribution in [0.5, 0.6) is 0 Å². The van der Waals surface area contributed by atoms with Crippen LogP contribution in [0.2, 0.25) is 0 Å². The van der Waals surface area contributed by atoms with Gasteiger partial charge in [-0.3, -0.25) is 9.82 Å². The Balaban J connectivity index is 0.00000144. The fourth-order valence-electron chi connectivity index (χ4n) is 1.41. The topological polar surface area (TPSA) is 24.9 Å². The molecule has 1 aromatic heterocycles. The highest BCUT2D eigenvalue weighted by Crippen LogP contribution is 2.30. The van der Waals surface area contributed by atoms with E-state index in [0.717, 1.165) is 18.2 Å². The van der Waals surface area contributed by atoms with Gasteiger partial charge in [-0.2, -0.15) is 0 Å². The smallest absolute Gasteiger partial charge is 0.131 e. The third kappa shape index (κ3) is 2.84. The van der Waals surface area contributed by atoms with Crippen molar-refractivity contribution in [3.05, 3.63) is 48.3 Å². The van der Waals surface area contributed by atoms with Gasteiger partial charge in [0.25, 0.3) is 0 Å². The number of rotatable bonds is 2. The molecule has 90 valence electrons. The molecule has 0 saturated carbocycles. The van der Waals surface area contributed by atoms with E-state index in [1.807, 2.05) is 0 Å². The van der Waals surface area contributed by atoms with Gasteiger partial charge < -0.3 is 0 Å². The van der Waals surface area contributed by atoms with Crippen LogP contribution in [-0.2, 0) is 0 Å². The minimum atomic E-state index is -0.513. The lowest BCUT2D eigenvalue weighted by Gasteiger charge is -2.08. The largest absolute Gasteiger partial charge is 0.296 e. The lowest BCUT2D eigenvalue weighted by molar-refractivity contribution is 0.603. The van der Waals surface area contributed by atoms with E-state index in [1.165, 1.54) is 12.4 Å². The standard InChI is InChI=1S/C11H7ClF2N2.ClH/c12-16-11-6-15-4-3-8(11)9-5-7(13)1-2-10(9)14;/h1-6,16H;1H. The van der Waals surface area contributed by atoms with Crippen molar-refractivity contribution in [2.75, 3.05) is 4.84 Å². The van der Waals surface area contributed by atoms with Crippen LogP contribution in [0.15, 0.2) is 36.7 Å². The molecule has 0 saturated heterocycles. The average molecular weight is 277 g/mol. The first-order valence-corrected chi connectivity index (χ1v) is 4.86. The Morgan fingerprint density at radius 3 is 2.59 bits per heavy atom. The van der Waals surface area contributed by atoms with Gasteiger partial charge in [0.05, 0.1) is 11.9 Å². The molecule has 0 aliphatic carbocycles. The number of hydrogen-bond donors (Lipinski definition) is 1. The fraction of sp³-hybridized carbons (Fsp3) is 0. The Kier molecular flexibility index (Phi) is 4.66. The van der Waals surface area contributed by atoms with E-state index in [2.05, 4.69) is 9.82 Å². The second kappa shape index (κ2) is 5.80. The van der Waals surface area contributed by atoms with Crippen molar-refractivity contribution in [1.29, 1.82) is 0 Å². The molecule has 1 heterocycles. The molecule has 0 fully saturated rings. The van der Waals surface area contributed by atoms with Gasteiger partial charge in [-0.25, -0.2) is 8.78 Å². The minimum absolute atomic E-state index is 0. The molecular weight excluding hydrogens is 269 g/mol. The molecule has 0 radical (unpaired) electrons. The lowest BCUT2D eigenvalue weighted by atomic mass is 10.1. The van der Waals surface area contributed by atoms with Gasteiger partial charge in [-0.1, -0.05) is 0 Å². The molecule has 1 aromatic carbocycles. The summed E-state index contributed by atoms with van der Waals surface area (Å²) in [6, 6.07) is 4.81. The molecule has 0 unspecified atom stereocenters. The number of nitrogens with zero attached hydrogens (tertiary/aromatic N) is 1. The van der Waals surface area contributed by atoms with E-state index in [-0.39, 0.29) is 18.0 Å². The van der Waals surface area contributed by atoms with Crippen LogP contribution >= 0.6 is 24.2 Å². The highest BCUT2D eigenvalue weighted by molar-refractivity contribution is 6.24. The van der Waals surface area contributed by atoms with Gasteiger partial charge in [0.2, 0.25) is 0 Å². The molecule has 0 bridgehead atoms. The predicted molar refractivity (Wildman–Crippen MR) is 66.3 cm³/mol. The summed E-state index contributed by atoms with van der Waals surface area (Å²) < 4.78 is 26.5. The quantitative estimate of drug-likeness (QED) is 0.839. The third-order valence-corrected chi connectivity index (χ3v) is 2.35.